The lowest BCUT2D eigenvalue weighted by atomic mass is 10.2. The van der Waals surface area contributed by atoms with E-state index < -0.39 is 11.7 Å². The van der Waals surface area contributed by atoms with E-state index in [0.29, 0.717) is 17.6 Å². The number of nitrogens with one attached hydrogen (secondary N) is 1. The number of nitrogens with zero attached hydrogens (tertiary/aromatic N) is 2. The van der Waals surface area contributed by atoms with Gasteiger partial charge in [-0.1, -0.05) is 15.9 Å². The lowest BCUT2D eigenvalue weighted by molar-refractivity contribution is -0.137. The van der Waals surface area contributed by atoms with Crippen molar-refractivity contribution in [1.82, 2.24) is 9.91 Å². The van der Waals surface area contributed by atoms with Crippen LogP contribution in [0.5, 0.6) is 0 Å². The maximum Gasteiger partial charge on any atom is 0.418 e. The average Bonchev–Trinajstić information content (AvgIpc) is 2.33. The fraction of sp³-hybridized carbons (Fsp3) is 0.500. The second kappa shape index (κ2) is 5.68. The molecule has 1 saturated heterocycles. The lowest BCUT2D eigenvalue weighted by Crippen LogP contribution is -2.47. The van der Waals surface area contributed by atoms with Gasteiger partial charge in [0, 0.05) is 30.7 Å². The first-order valence-electron chi connectivity index (χ1n) is 5.93. The van der Waals surface area contributed by atoms with Crippen LogP contribution in [0.25, 0.3) is 0 Å². The van der Waals surface area contributed by atoms with Crippen molar-refractivity contribution in [2.45, 2.75) is 6.18 Å². The summed E-state index contributed by atoms with van der Waals surface area (Å²) in [6, 6.07) is 4.15. The molecule has 0 spiro atoms. The lowest BCUT2D eigenvalue weighted by Gasteiger charge is -2.33. The van der Waals surface area contributed by atoms with Crippen LogP contribution in [0.4, 0.5) is 18.9 Å². The summed E-state index contributed by atoms with van der Waals surface area (Å²) < 4.78 is 39.3. The molecule has 1 N–H and O–H groups in total. The zero-order valence-electron chi connectivity index (χ0n) is 10.5. The Hall–Kier alpha value is -0.790. The monoisotopic (exact) mass is 337 g/mol. The third-order valence-corrected chi connectivity index (χ3v) is 3.56. The molecule has 0 saturated carbocycles. The highest BCUT2D eigenvalue weighted by Gasteiger charge is 2.34. The van der Waals surface area contributed by atoms with Crippen molar-refractivity contribution in [3.05, 3.63) is 28.2 Å². The van der Waals surface area contributed by atoms with E-state index in [1.54, 1.807) is 6.07 Å². The summed E-state index contributed by atoms with van der Waals surface area (Å²) >= 11 is 3.07. The smallest absolute Gasteiger partial charge is 0.318 e. The number of likely N-dealkylation sites (N-methyl/N-ethyl adjacent to an activating group) is 1. The molecular weight excluding hydrogens is 323 g/mol. The van der Waals surface area contributed by atoms with Crippen molar-refractivity contribution in [2.75, 3.05) is 38.7 Å². The molecule has 7 heteroatoms. The van der Waals surface area contributed by atoms with Gasteiger partial charge in [0.1, 0.15) is 0 Å². The van der Waals surface area contributed by atoms with Gasteiger partial charge in [-0.25, -0.2) is 5.01 Å². The Bertz CT molecular complexity index is 442. The molecule has 0 unspecified atom stereocenters. The zero-order chi connectivity index (χ0) is 14.0. The molecule has 3 nitrogen and oxygen atoms in total. The summed E-state index contributed by atoms with van der Waals surface area (Å²) in [7, 11) is 2.00. The van der Waals surface area contributed by atoms with Crippen molar-refractivity contribution in [3.63, 3.8) is 0 Å². The van der Waals surface area contributed by atoms with Crippen molar-refractivity contribution in [1.29, 1.82) is 0 Å². The fourth-order valence-electron chi connectivity index (χ4n) is 1.94. The third kappa shape index (κ3) is 3.84. The highest BCUT2D eigenvalue weighted by atomic mass is 79.9. The minimum Gasteiger partial charge on any atom is -0.318 e. The Labute approximate surface area is 118 Å². The Morgan fingerprint density at radius 1 is 1.16 bits per heavy atom. The van der Waals surface area contributed by atoms with Crippen LogP contribution >= 0.6 is 15.9 Å². The molecule has 106 valence electrons. The van der Waals surface area contributed by atoms with Crippen molar-refractivity contribution in [2.24, 2.45) is 0 Å². The molecule has 1 fully saturated rings. The summed E-state index contributed by atoms with van der Waals surface area (Å²) in [5, 5.41) is 1.82. The van der Waals surface area contributed by atoms with Crippen LogP contribution in [0.3, 0.4) is 0 Å². The summed E-state index contributed by atoms with van der Waals surface area (Å²) in [5.41, 5.74) is 2.32. The molecule has 0 atom stereocenters. The van der Waals surface area contributed by atoms with Gasteiger partial charge in [-0.3, -0.25) is 0 Å². The van der Waals surface area contributed by atoms with Gasteiger partial charge in [0.05, 0.1) is 11.3 Å². The summed E-state index contributed by atoms with van der Waals surface area (Å²) in [6.45, 7) is 3.07. The molecule has 1 aromatic rings. The molecule has 0 aliphatic carbocycles. The van der Waals surface area contributed by atoms with Crippen LogP contribution in [0, 0.1) is 0 Å². The van der Waals surface area contributed by atoms with E-state index >= 15 is 0 Å². The maximum absolute atomic E-state index is 13.0. The van der Waals surface area contributed by atoms with Crippen LogP contribution in [-0.2, 0) is 6.18 Å². The van der Waals surface area contributed by atoms with Gasteiger partial charge < -0.3 is 10.3 Å². The molecule has 0 aromatic heterocycles. The molecule has 2 rings (SSSR count). The third-order valence-electron chi connectivity index (χ3n) is 3.07. The minimum atomic E-state index is -4.36. The molecule has 1 aliphatic rings. The Balaban J connectivity index is 2.16. The van der Waals surface area contributed by atoms with E-state index in [1.165, 1.54) is 6.07 Å². The van der Waals surface area contributed by atoms with Crippen LogP contribution in [0.1, 0.15) is 5.56 Å². The predicted octanol–water partition coefficient (Wildman–Crippen LogP) is 3.04. The second-order valence-electron chi connectivity index (χ2n) is 4.59. The Kier molecular flexibility index (Phi) is 4.37. The van der Waals surface area contributed by atoms with Crippen molar-refractivity contribution < 1.29 is 13.2 Å². The van der Waals surface area contributed by atoms with E-state index in [1.807, 2.05) is 12.1 Å². The number of hydrazine groups is 1. The van der Waals surface area contributed by atoms with Crippen molar-refractivity contribution in [3.8, 4) is 0 Å². The standard InChI is InChI=1S/C12H15BrF3N3/c1-18-4-6-19(7-5-18)17-11-3-2-9(13)8-10(11)12(14,15)16/h2-3,8,17H,4-7H2,1H3. The first-order valence-corrected chi connectivity index (χ1v) is 6.72. The molecule has 1 aromatic carbocycles. The van der Waals surface area contributed by atoms with Crippen LogP contribution in [0.15, 0.2) is 22.7 Å². The normalized spacial score (nSPS) is 18.6. The van der Waals surface area contributed by atoms with Gasteiger partial charge >= 0.3 is 6.18 Å². The molecule has 1 heterocycles. The number of piperazine rings is 1. The minimum absolute atomic E-state index is 0.0975. The number of anilines is 1. The largest absolute Gasteiger partial charge is 0.418 e. The van der Waals surface area contributed by atoms with Crippen LogP contribution < -0.4 is 5.43 Å². The quantitative estimate of drug-likeness (QED) is 0.894. The molecule has 0 radical (unpaired) electrons. The maximum atomic E-state index is 13.0. The first-order chi connectivity index (χ1) is 8.86. The Morgan fingerprint density at radius 3 is 2.37 bits per heavy atom. The van der Waals surface area contributed by atoms with E-state index in [4.69, 9.17) is 0 Å². The average molecular weight is 338 g/mol. The second-order valence-corrected chi connectivity index (χ2v) is 5.51. The zero-order valence-corrected chi connectivity index (χ0v) is 12.1. The summed E-state index contributed by atoms with van der Waals surface area (Å²) in [6.07, 6.45) is -4.36. The van der Waals surface area contributed by atoms with Gasteiger partial charge in [-0.2, -0.15) is 13.2 Å². The SMILES string of the molecule is CN1CCN(Nc2ccc(Br)cc2C(F)(F)F)CC1. The van der Waals surface area contributed by atoms with E-state index in [2.05, 4.69) is 26.3 Å². The van der Waals surface area contributed by atoms with Gasteiger partial charge in [-0.15, -0.1) is 0 Å². The highest BCUT2D eigenvalue weighted by Crippen LogP contribution is 2.36. The Morgan fingerprint density at radius 2 is 1.79 bits per heavy atom. The van der Waals surface area contributed by atoms with E-state index in [-0.39, 0.29) is 5.69 Å². The molecule has 0 amide bonds. The molecule has 0 bridgehead atoms. The molecular formula is C12H15BrF3N3. The van der Waals surface area contributed by atoms with Gasteiger partial charge in [0.2, 0.25) is 0 Å². The number of halogens is 4. The first kappa shape index (κ1) is 14.6. The highest BCUT2D eigenvalue weighted by molar-refractivity contribution is 9.10. The fourth-order valence-corrected chi connectivity index (χ4v) is 2.30. The predicted molar refractivity (Wildman–Crippen MR) is 71.8 cm³/mol. The van der Waals surface area contributed by atoms with Crippen LogP contribution in [0.2, 0.25) is 0 Å². The number of rotatable bonds is 2. The van der Waals surface area contributed by atoms with Crippen LogP contribution in [-0.4, -0.2) is 43.1 Å². The summed E-state index contributed by atoms with van der Waals surface area (Å²) in [4.78, 5) is 2.14. The molecule has 1 aliphatic heterocycles. The number of alkyl halides is 3. The molecule has 19 heavy (non-hydrogen) atoms. The number of hydrogen-bond acceptors (Lipinski definition) is 3. The summed E-state index contributed by atoms with van der Waals surface area (Å²) in [5.74, 6) is 0. The van der Waals surface area contributed by atoms with Gasteiger partial charge in [0.15, 0.2) is 0 Å². The van der Waals surface area contributed by atoms with Crippen molar-refractivity contribution >= 4 is 21.6 Å². The number of hydrogen-bond donors (Lipinski definition) is 1. The van der Waals surface area contributed by atoms with Gasteiger partial charge in [0.25, 0.3) is 0 Å². The number of benzene rings is 1. The van der Waals surface area contributed by atoms with Gasteiger partial charge in [-0.05, 0) is 25.2 Å². The van der Waals surface area contributed by atoms with E-state index in [9.17, 15) is 13.2 Å². The topological polar surface area (TPSA) is 18.5 Å². The van der Waals surface area contributed by atoms with E-state index in [0.717, 1.165) is 19.2 Å².